The molecule has 2 heterocycles. The van der Waals surface area contributed by atoms with Gasteiger partial charge in [0, 0.05) is 6.42 Å². The smallest absolute Gasteiger partial charge is 0.373 e. The molecular formula is C8H10F2O4. The summed E-state index contributed by atoms with van der Waals surface area (Å²) in [6.45, 7) is 1.58. The molecule has 0 amide bonds. The van der Waals surface area contributed by atoms with Crippen molar-refractivity contribution in [2.24, 2.45) is 0 Å². The molecule has 0 N–H and O–H groups in total. The zero-order valence-corrected chi connectivity index (χ0v) is 7.59. The van der Waals surface area contributed by atoms with Crippen LogP contribution in [0, 0.1) is 0 Å². The highest BCUT2D eigenvalue weighted by Gasteiger charge is 2.73. The summed E-state index contributed by atoms with van der Waals surface area (Å²) in [7, 11) is 0. The van der Waals surface area contributed by atoms with E-state index < -0.39 is 30.2 Å². The second-order valence-corrected chi connectivity index (χ2v) is 3.30. The van der Waals surface area contributed by atoms with Gasteiger partial charge in [0.25, 0.3) is 0 Å². The van der Waals surface area contributed by atoms with Gasteiger partial charge in [-0.3, -0.25) is 0 Å². The Hall–Kier alpha value is -0.750. The Balaban J connectivity index is 2.24. The van der Waals surface area contributed by atoms with Crippen LogP contribution < -0.4 is 0 Å². The van der Waals surface area contributed by atoms with Crippen LogP contribution in [0.3, 0.4) is 0 Å². The highest BCUT2D eigenvalue weighted by molar-refractivity contribution is 5.80. The van der Waals surface area contributed by atoms with Gasteiger partial charge in [0.2, 0.25) is 0 Å². The van der Waals surface area contributed by atoms with Gasteiger partial charge < -0.3 is 14.2 Å². The number of hydrogen-bond acceptors (Lipinski definition) is 4. The average Bonchev–Trinajstić information content (AvgIpc) is 2.58. The predicted octanol–water partition coefficient (Wildman–Crippen LogP) is 0.700. The van der Waals surface area contributed by atoms with E-state index in [-0.39, 0.29) is 13.2 Å². The van der Waals surface area contributed by atoms with Crippen LogP contribution in [0.4, 0.5) is 8.78 Å². The quantitative estimate of drug-likeness (QED) is 0.626. The Bertz CT molecular complexity index is 268. The number of hydrogen-bond donors (Lipinski definition) is 0. The Kier molecular flexibility index (Phi) is 2.01. The van der Waals surface area contributed by atoms with Crippen LogP contribution in [0.2, 0.25) is 0 Å². The molecule has 0 radical (unpaired) electrons. The molecule has 4 nitrogen and oxygen atoms in total. The lowest BCUT2D eigenvalue weighted by molar-refractivity contribution is -0.265. The molecule has 0 aromatic rings. The maximum Gasteiger partial charge on any atom is 0.373 e. The lowest BCUT2D eigenvalue weighted by Crippen LogP contribution is -2.54. The lowest BCUT2D eigenvalue weighted by atomic mass is 10.0. The Morgan fingerprint density at radius 3 is 2.79 bits per heavy atom. The zero-order valence-electron chi connectivity index (χ0n) is 7.59. The van der Waals surface area contributed by atoms with Crippen molar-refractivity contribution in [3.05, 3.63) is 0 Å². The number of rotatable bonds is 2. The van der Waals surface area contributed by atoms with Crippen LogP contribution in [0.25, 0.3) is 0 Å². The molecule has 0 spiro atoms. The van der Waals surface area contributed by atoms with Gasteiger partial charge in [-0.05, 0) is 6.92 Å². The summed E-state index contributed by atoms with van der Waals surface area (Å²) in [5, 5.41) is 0. The van der Waals surface area contributed by atoms with Crippen molar-refractivity contribution < 1.29 is 27.8 Å². The molecule has 2 bridgehead atoms. The van der Waals surface area contributed by atoms with Crippen LogP contribution in [-0.4, -0.2) is 37.0 Å². The third-order valence-electron chi connectivity index (χ3n) is 2.31. The third kappa shape index (κ3) is 1.07. The maximum absolute atomic E-state index is 13.3. The molecular weight excluding hydrogens is 198 g/mol. The molecule has 6 heteroatoms. The molecule has 0 unspecified atom stereocenters. The number of ether oxygens (including phenoxy) is 3. The summed E-state index contributed by atoms with van der Waals surface area (Å²) in [6, 6.07) is 0. The van der Waals surface area contributed by atoms with Crippen LogP contribution in [0.5, 0.6) is 0 Å². The monoisotopic (exact) mass is 208 g/mol. The Labute approximate surface area is 79.1 Å². The zero-order chi connectivity index (χ0) is 10.4. The Morgan fingerprint density at radius 1 is 1.64 bits per heavy atom. The molecule has 14 heavy (non-hydrogen) atoms. The second kappa shape index (κ2) is 2.87. The fraction of sp³-hybridized carbons (Fsp3) is 0.875. The van der Waals surface area contributed by atoms with E-state index in [4.69, 9.17) is 9.47 Å². The van der Waals surface area contributed by atoms with Crippen molar-refractivity contribution >= 4 is 5.97 Å². The molecule has 0 saturated carbocycles. The number of carbonyl (C=O) groups excluding carboxylic acids is 1. The molecule has 80 valence electrons. The maximum atomic E-state index is 13.3. The van der Waals surface area contributed by atoms with Crippen molar-refractivity contribution in [1.29, 1.82) is 0 Å². The van der Waals surface area contributed by atoms with E-state index in [9.17, 15) is 13.6 Å². The minimum Gasteiger partial charge on any atom is -0.462 e. The number of carbonyl (C=O) groups is 1. The minimum absolute atomic E-state index is 0.0219. The molecule has 0 aromatic carbocycles. The van der Waals surface area contributed by atoms with E-state index in [0.717, 1.165) is 0 Å². The third-order valence-corrected chi connectivity index (χ3v) is 2.31. The number of fused-ring (bicyclic) bond motifs is 2. The lowest BCUT2D eigenvalue weighted by Gasteiger charge is -2.28. The SMILES string of the molecule is CCOC(=O)[C@]12OC[C@H](CC1(F)F)O2. The summed E-state index contributed by atoms with van der Waals surface area (Å²) in [4.78, 5) is 11.3. The van der Waals surface area contributed by atoms with Gasteiger partial charge in [0.05, 0.1) is 19.3 Å². The number of alkyl halides is 2. The van der Waals surface area contributed by atoms with Gasteiger partial charge in [-0.1, -0.05) is 0 Å². The average molecular weight is 208 g/mol. The summed E-state index contributed by atoms with van der Waals surface area (Å²) in [6.07, 6.45) is -1.18. The summed E-state index contributed by atoms with van der Waals surface area (Å²) < 4.78 is 40.7. The van der Waals surface area contributed by atoms with Crippen LogP contribution in [-0.2, 0) is 19.0 Å². The van der Waals surface area contributed by atoms with Gasteiger partial charge in [-0.25, -0.2) is 4.79 Å². The molecule has 2 saturated heterocycles. The van der Waals surface area contributed by atoms with E-state index in [1.54, 1.807) is 0 Å². The van der Waals surface area contributed by atoms with Crippen molar-refractivity contribution in [3.8, 4) is 0 Å². The predicted molar refractivity (Wildman–Crippen MR) is 39.8 cm³/mol. The molecule has 2 rings (SSSR count). The van der Waals surface area contributed by atoms with Crippen molar-refractivity contribution in [2.45, 2.75) is 31.2 Å². The van der Waals surface area contributed by atoms with E-state index in [0.29, 0.717) is 0 Å². The second-order valence-electron chi connectivity index (χ2n) is 3.30. The van der Waals surface area contributed by atoms with Gasteiger partial charge in [-0.15, -0.1) is 0 Å². The first kappa shape index (κ1) is 9.79. The Morgan fingerprint density at radius 2 is 2.36 bits per heavy atom. The normalized spacial score (nSPS) is 38.6. The topological polar surface area (TPSA) is 44.8 Å². The van der Waals surface area contributed by atoms with Gasteiger partial charge >= 0.3 is 17.7 Å². The van der Waals surface area contributed by atoms with Gasteiger partial charge in [0.15, 0.2) is 0 Å². The van der Waals surface area contributed by atoms with Gasteiger partial charge in [-0.2, -0.15) is 8.78 Å². The highest BCUT2D eigenvalue weighted by Crippen LogP contribution is 2.50. The molecule has 2 atom stereocenters. The molecule has 2 aliphatic rings. The fourth-order valence-electron chi connectivity index (χ4n) is 1.71. The highest BCUT2D eigenvalue weighted by atomic mass is 19.3. The van der Waals surface area contributed by atoms with E-state index in [1.165, 1.54) is 6.92 Å². The first-order chi connectivity index (χ1) is 6.52. The minimum atomic E-state index is -3.29. The van der Waals surface area contributed by atoms with Crippen LogP contribution in [0.1, 0.15) is 13.3 Å². The first-order valence-electron chi connectivity index (χ1n) is 4.38. The fourth-order valence-corrected chi connectivity index (χ4v) is 1.71. The van der Waals surface area contributed by atoms with E-state index in [2.05, 4.69) is 4.74 Å². The van der Waals surface area contributed by atoms with Crippen LogP contribution >= 0.6 is 0 Å². The van der Waals surface area contributed by atoms with E-state index in [1.807, 2.05) is 0 Å². The first-order valence-corrected chi connectivity index (χ1v) is 4.38. The summed E-state index contributed by atoms with van der Waals surface area (Å²) >= 11 is 0. The van der Waals surface area contributed by atoms with Gasteiger partial charge in [0.1, 0.15) is 0 Å². The van der Waals surface area contributed by atoms with Crippen molar-refractivity contribution in [3.63, 3.8) is 0 Å². The molecule has 0 aromatic heterocycles. The largest absolute Gasteiger partial charge is 0.462 e. The summed E-state index contributed by atoms with van der Waals surface area (Å²) in [5.74, 6) is -6.90. The number of esters is 1. The van der Waals surface area contributed by atoms with Crippen molar-refractivity contribution in [2.75, 3.05) is 13.2 Å². The summed E-state index contributed by atoms with van der Waals surface area (Å²) in [5.41, 5.74) is 0. The van der Waals surface area contributed by atoms with Crippen molar-refractivity contribution in [1.82, 2.24) is 0 Å². The molecule has 2 fully saturated rings. The van der Waals surface area contributed by atoms with Crippen LogP contribution in [0.15, 0.2) is 0 Å². The molecule has 2 aliphatic heterocycles. The molecule has 0 aliphatic carbocycles. The standard InChI is InChI=1S/C8H10F2O4/c1-2-12-6(11)8-7(9,10)3-5(14-8)4-13-8/h5H,2-4H2,1H3/t5-,8+/m0/s1. The number of halogens is 2. The van der Waals surface area contributed by atoms with E-state index >= 15 is 0 Å².